The summed E-state index contributed by atoms with van der Waals surface area (Å²) in [6.45, 7) is 42.4. The highest BCUT2D eigenvalue weighted by Crippen LogP contribution is 2.44. The lowest BCUT2D eigenvalue weighted by atomic mass is 10.1. The monoisotopic (exact) mass is 1300 g/mol. The first-order valence-electron chi connectivity index (χ1n) is 34.7. The molecule has 0 unspecified atom stereocenters. The van der Waals surface area contributed by atoms with E-state index in [1.807, 2.05) is 0 Å². The van der Waals surface area contributed by atoms with Gasteiger partial charge in [0.15, 0.2) is 0 Å². The fraction of sp³-hybridized carbons (Fsp3) is 0.425. The van der Waals surface area contributed by atoms with Crippen LogP contribution in [0.1, 0.15) is 126 Å². The van der Waals surface area contributed by atoms with Crippen LogP contribution in [-0.2, 0) is 0 Å². The highest BCUT2D eigenvalue weighted by Gasteiger charge is 2.36. The molecule has 0 aromatic heterocycles. The van der Waals surface area contributed by atoms with E-state index in [-0.39, 0.29) is 6.17 Å². The Balaban J connectivity index is 0.000000139. The molecule has 0 fully saturated rings. The van der Waals surface area contributed by atoms with Crippen molar-refractivity contribution < 1.29 is 0 Å². The fourth-order valence-electron chi connectivity index (χ4n) is 14.9. The van der Waals surface area contributed by atoms with E-state index in [1.54, 1.807) is 0 Å². The lowest BCUT2D eigenvalue weighted by Gasteiger charge is -2.34. The third-order valence-corrected chi connectivity index (χ3v) is 22.1. The third kappa shape index (κ3) is 12.8. The number of hydrogen-bond acceptors (Lipinski definition) is 16. The molecule has 5 aromatic rings. The van der Waals surface area contributed by atoms with Crippen molar-refractivity contribution in [3.05, 3.63) is 222 Å². The van der Waals surface area contributed by atoms with Gasteiger partial charge in [0.2, 0.25) is 0 Å². The molecule has 0 saturated heterocycles. The van der Waals surface area contributed by atoms with E-state index >= 15 is 0 Å². The molecule has 0 spiro atoms. The van der Waals surface area contributed by atoms with E-state index < -0.39 is 0 Å². The van der Waals surface area contributed by atoms with Crippen molar-refractivity contribution in [1.29, 1.82) is 0 Å². The maximum absolute atomic E-state index is 2.46. The van der Waals surface area contributed by atoms with Gasteiger partial charge in [-0.05, 0) is 214 Å². The van der Waals surface area contributed by atoms with Crippen molar-refractivity contribution in [2.75, 3.05) is 86.4 Å². The predicted molar refractivity (Wildman–Crippen MR) is 409 cm³/mol. The van der Waals surface area contributed by atoms with Crippen molar-refractivity contribution in [3.8, 4) is 0 Å². The zero-order chi connectivity index (χ0) is 69.6. The van der Waals surface area contributed by atoms with Crippen molar-refractivity contribution in [2.24, 2.45) is 0 Å². The van der Waals surface area contributed by atoms with E-state index in [0.717, 1.165) is 0 Å². The Hall–Kier alpha value is -9.18. The summed E-state index contributed by atoms with van der Waals surface area (Å²) in [7, 11) is 12.8. The SMILES string of the molecule is CC1=C(C)N(c2cccc(N3C(C)=C(C)N(C)[C@@H]3C)c2C)[C@H](C)N1C.CC1=CN(C)[C@@H](C)N1c1cccc(N2C=CN(C)[C@@H]2C)c1C.Cc1c(N2C=CN(C)[C@H]2C)cccc1N1C=CN(C(C)C)[C@@H]1C.Cc1c(N2C=CN(c3ccccc3)[C@H]2C)cccc1N1C=CN(C)[C@@H]1C. The molecule has 8 aliphatic heterocycles. The first-order chi connectivity index (χ1) is 45.6. The first-order valence-corrected chi connectivity index (χ1v) is 34.7. The predicted octanol–water partition coefficient (Wildman–Crippen LogP) is 16.8. The average Bonchev–Trinajstić information content (AvgIpc) is 1.49. The quantitative estimate of drug-likeness (QED) is 0.133. The molecular weight excluding hydrogens is 1180 g/mol. The molecule has 96 heavy (non-hydrogen) atoms. The lowest BCUT2D eigenvalue weighted by molar-refractivity contribution is 0.263. The van der Waals surface area contributed by atoms with Crippen molar-refractivity contribution >= 4 is 51.2 Å². The average molecular weight is 1300 g/mol. The van der Waals surface area contributed by atoms with Crippen LogP contribution in [0, 0.1) is 27.7 Å². The summed E-state index contributed by atoms with van der Waals surface area (Å²) in [4.78, 5) is 37.4. The van der Waals surface area contributed by atoms with Crippen LogP contribution in [0.25, 0.3) is 0 Å². The normalized spacial score (nSPS) is 23.6. The molecule has 0 radical (unpaired) electrons. The topological polar surface area (TPSA) is 51.8 Å². The molecule has 0 aliphatic carbocycles. The van der Waals surface area contributed by atoms with Crippen LogP contribution in [0.3, 0.4) is 0 Å². The second-order valence-electron chi connectivity index (χ2n) is 27.7. The van der Waals surface area contributed by atoms with E-state index in [2.05, 4.69) is 424 Å². The van der Waals surface area contributed by atoms with E-state index in [4.69, 9.17) is 0 Å². The number of para-hydroxylation sites is 1. The second kappa shape index (κ2) is 28.3. The summed E-state index contributed by atoms with van der Waals surface area (Å²) >= 11 is 0. The Labute approximate surface area is 578 Å². The van der Waals surface area contributed by atoms with Gasteiger partial charge in [-0.25, -0.2) is 0 Å². The Kier molecular flexibility index (Phi) is 20.5. The number of rotatable bonds is 10. The van der Waals surface area contributed by atoms with Crippen LogP contribution >= 0.6 is 0 Å². The molecule has 0 amide bonds. The maximum Gasteiger partial charge on any atom is 0.107 e. The van der Waals surface area contributed by atoms with Crippen LogP contribution in [0.4, 0.5) is 51.2 Å². The third-order valence-electron chi connectivity index (χ3n) is 22.1. The minimum Gasteiger partial charge on any atom is -0.359 e. The zero-order valence-electron chi connectivity index (χ0n) is 62.5. The van der Waals surface area contributed by atoms with Crippen LogP contribution in [0.15, 0.2) is 200 Å². The van der Waals surface area contributed by atoms with Crippen LogP contribution in [-0.4, -0.2) is 132 Å². The molecule has 8 atom stereocenters. The maximum atomic E-state index is 2.46. The molecule has 0 N–H and O–H groups in total. The van der Waals surface area contributed by atoms with Gasteiger partial charge in [0.05, 0.1) is 0 Å². The van der Waals surface area contributed by atoms with Gasteiger partial charge < -0.3 is 78.4 Å². The van der Waals surface area contributed by atoms with Crippen LogP contribution < -0.4 is 44.1 Å². The molecule has 16 heteroatoms. The molecule has 0 bridgehead atoms. The molecule has 8 heterocycles. The van der Waals surface area contributed by atoms with Gasteiger partial charge in [0, 0.05) is 196 Å². The fourth-order valence-corrected chi connectivity index (χ4v) is 14.9. The minimum absolute atomic E-state index is 0.237. The molecule has 0 saturated carbocycles. The summed E-state index contributed by atoms with van der Waals surface area (Å²) in [5.74, 6) is 0. The Bertz CT molecular complexity index is 3800. The summed E-state index contributed by atoms with van der Waals surface area (Å²) < 4.78 is 0. The van der Waals surface area contributed by atoms with Gasteiger partial charge in [0.25, 0.3) is 0 Å². The summed E-state index contributed by atoms with van der Waals surface area (Å²) in [6.07, 6.45) is 26.5. The minimum atomic E-state index is 0.237. The molecule has 13 rings (SSSR count). The largest absolute Gasteiger partial charge is 0.359 e. The van der Waals surface area contributed by atoms with Crippen molar-refractivity contribution in [3.63, 3.8) is 0 Å². The number of hydrogen-bond donors (Lipinski definition) is 0. The van der Waals surface area contributed by atoms with Gasteiger partial charge >= 0.3 is 0 Å². The van der Waals surface area contributed by atoms with Crippen molar-refractivity contribution in [1.82, 2.24) is 34.3 Å². The number of nitrogens with zero attached hydrogens (tertiary/aromatic N) is 16. The highest BCUT2D eigenvalue weighted by molar-refractivity contribution is 5.76. The van der Waals surface area contributed by atoms with Gasteiger partial charge in [-0.1, -0.05) is 42.5 Å². The van der Waals surface area contributed by atoms with Crippen LogP contribution in [0.2, 0.25) is 0 Å². The summed E-state index contributed by atoms with van der Waals surface area (Å²) in [5, 5.41) is 0. The highest BCUT2D eigenvalue weighted by atomic mass is 15.4. The molecule has 16 nitrogen and oxygen atoms in total. The van der Waals surface area contributed by atoms with E-state index in [1.165, 1.54) is 102 Å². The summed E-state index contributed by atoms with van der Waals surface area (Å²) in [6, 6.07) is 37.5. The lowest BCUT2D eigenvalue weighted by Crippen LogP contribution is -2.40. The number of benzene rings is 5. The van der Waals surface area contributed by atoms with Gasteiger partial charge in [-0.3, -0.25) is 0 Å². The standard InChI is InChI=1S/C22H26N4.C21H32N4.C19H28N4.C18H26N4/c1-17-21(25-14-13-23(4)18(25)2)11-8-12-22(17)26-16-15-24(19(26)3)20-9-6-5-7-10-20;1-13-20(24-16(4)14(2)22(8)18(24)6)11-10-12-21(13)25-17(5)15(3)23(9)19(25)7;1-14(2)21-12-13-23(17(21)5)19-9-7-8-18(15(19)3)22-11-10-20(6)16(22)4;1-13-12-20(6)16(4)22(13)18-9-7-8-17(14(18)2)21-11-10-19(5)15(21)3/h5-16,18-19H,1-4H3;10-12,18-19H,1-9H3;7-14,16-17H,1-6H3;7-12,15-16H,1-6H3/t2*18-,19+;16-,17+;15-,16+/m0.10/s1. The Morgan fingerprint density at radius 1 is 0.271 bits per heavy atom. The molecule has 5 aromatic carbocycles. The molecular formula is C80H112N16. The zero-order valence-corrected chi connectivity index (χ0v) is 62.5. The molecule has 512 valence electrons. The number of anilines is 9. The number of allylic oxidation sites excluding steroid dienone is 5. The second-order valence-corrected chi connectivity index (χ2v) is 27.7. The summed E-state index contributed by atoms with van der Waals surface area (Å²) in [5.41, 5.74) is 23.4. The Morgan fingerprint density at radius 3 is 0.906 bits per heavy atom. The van der Waals surface area contributed by atoms with Gasteiger partial charge in [0.1, 0.15) is 49.3 Å². The molecule has 8 aliphatic rings. The van der Waals surface area contributed by atoms with Crippen LogP contribution in [0.5, 0.6) is 0 Å². The smallest absolute Gasteiger partial charge is 0.107 e. The van der Waals surface area contributed by atoms with E-state index in [0.29, 0.717) is 49.2 Å². The van der Waals surface area contributed by atoms with Crippen molar-refractivity contribution in [2.45, 2.75) is 187 Å². The van der Waals surface area contributed by atoms with E-state index in [9.17, 15) is 0 Å². The Morgan fingerprint density at radius 2 is 0.583 bits per heavy atom. The van der Waals surface area contributed by atoms with Gasteiger partial charge in [-0.2, -0.15) is 0 Å². The first kappa shape index (κ1) is 69.6. The van der Waals surface area contributed by atoms with Gasteiger partial charge in [-0.15, -0.1) is 0 Å².